The highest BCUT2D eigenvalue weighted by atomic mass is 16.5. The molecule has 1 aliphatic rings. The Kier molecular flexibility index (Phi) is 5.39. The molecule has 23 heavy (non-hydrogen) atoms. The van der Waals surface area contributed by atoms with Crippen molar-refractivity contribution in [3.8, 4) is 11.3 Å². The molecule has 1 atom stereocenters. The van der Waals surface area contributed by atoms with Crippen LogP contribution in [0.5, 0.6) is 0 Å². The van der Waals surface area contributed by atoms with E-state index >= 15 is 0 Å². The highest BCUT2D eigenvalue weighted by Gasteiger charge is 2.11. The van der Waals surface area contributed by atoms with Gasteiger partial charge in [0.15, 0.2) is 0 Å². The molecule has 0 bridgehead atoms. The fourth-order valence-electron chi connectivity index (χ4n) is 2.77. The molecule has 0 spiro atoms. The van der Waals surface area contributed by atoms with Crippen molar-refractivity contribution in [1.82, 2.24) is 9.88 Å². The van der Waals surface area contributed by atoms with Crippen LogP contribution in [0.15, 0.2) is 42.6 Å². The predicted octanol–water partition coefficient (Wildman–Crippen LogP) is 3.29. The molecule has 3 rings (SSSR count). The molecule has 1 aliphatic heterocycles. The Morgan fingerprint density at radius 3 is 2.48 bits per heavy atom. The molecule has 0 aliphatic carbocycles. The van der Waals surface area contributed by atoms with Crippen LogP contribution in [0.25, 0.3) is 11.3 Å². The maximum absolute atomic E-state index is 5.38. The monoisotopic (exact) mass is 312 g/mol. The summed E-state index contributed by atoms with van der Waals surface area (Å²) < 4.78 is 10.7. The largest absolute Gasteiger partial charge is 0.379 e. The van der Waals surface area contributed by atoms with Crippen molar-refractivity contribution in [2.24, 2.45) is 0 Å². The van der Waals surface area contributed by atoms with Gasteiger partial charge in [0.2, 0.25) is 0 Å². The second kappa shape index (κ2) is 7.68. The van der Waals surface area contributed by atoms with Gasteiger partial charge in [-0.25, -0.2) is 0 Å². The van der Waals surface area contributed by atoms with Crippen LogP contribution in [0.3, 0.4) is 0 Å². The molecule has 0 radical (unpaired) electrons. The van der Waals surface area contributed by atoms with Crippen molar-refractivity contribution in [2.75, 3.05) is 33.4 Å². The minimum absolute atomic E-state index is 0.118. The molecule has 4 nitrogen and oxygen atoms in total. The summed E-state index contributed by atoms with van der Waals surface area (Å²) in [4.78, 5) is 7.02. The summed E-state index contributed by atoms with van der Waals surface area (Å²) in [6.07, 6.45) is 2.10. The van der Waals surface area contributed by atoms with Crippen LogP contribution >= 0.6 is 0 Å². The van der Waals surface area contributed by atoms with Crippen molar-refractivity contribution in [3.63, 3.8) is 0 Å². The molecule has 0 amide bonds. The molecular weight excluding hydrogens is 288 g/mol. The lowest BCUT2D eigenvalue weighted by Gasteiger charge is -2.26. The number of ether oxygens (including phenoxy) is 2. The van der Waals surface area contributed by atoms with Crippen molar-refractivity contribution in [2.45, 2.75) is 19.6 Å². The summed E-state index contributed by atoms with van der Waals surface area (Å²) in [7, 11) is 1.73. The molecule has 4 heteroatoms. The standard InChI is InChI=1S/C19H24N2O2/c1-15(22-2)17-4-6-18(7-5-17)19-8-3-16(13-20-19)14-21-9-11-23-12-10-21/h3-8,13,15H,9-12,14H2,1-2H3/t15-/m1/s1. The van der Waals surface area contributed by atoms with Gasteiger partial charge in [-0.2, -0.15) is 0 Å². The topological polar surface area (TPSA) is 34.6 Å². The molecule has 1 aromatic carbocycles. The van der Waals surface area contributed by atoms with Crippen molar-refractivity contribution >= 4 is 0 Å². The van der Waals surface area contributed by atoms with Crippen LogP contribution in [-0.4, -0.2) is 43.3 Å². The summed E-state index contributed by atoms with van der Waals surface area (Å²) in [6, 6.07) is 12.7. The molecule has 2 heterocycles. The number of pyridine rings is 1. The molecule has 0 N–H and O–H groups in total. The molecule has 1 saturated heterocycles. The smallest absolute Gasteiger partial charge is 0.0793 e. The number of benzene rings is 1. The van der Waals surface area contributed by atoms with E-state index in [-0.39, 0.29) is 6.10 Å². The van der Waals surface area contributed by atoms with Gasteiger partial charge in [-0.05, 0) is 24.1 Å². The molecule has 1 aromatic heterocycles. The normalized spacial score (nSPS) is 17.1. The van der Waals surface area contributed by atoms with Crippen LogP contribution < -0.4 is 0 Å². The Morgan fingerprint density at radius 1 is 1.13 bits per heavy atom. The van der Waals surface area contributed by atoms with Gasteiger partial charge in [0.25, 0.3) is 0 Å². The molecule has 2 aromatic rings. The van der Waals surface area contributed by atoms with Gasteiger partial charge in [0, 0.05) is 38.5 Å². The zero-order valence-electron chi connectivity index (χ0n) is 13.9. The third-order valence-electron chi connectivity index (χ3n) is 4.36. The van der Waals surface area contributed by atoms with Crippen LogP contribution in [0.2, 0.25) is 0 Å². The summed E-state index contributed by atoms with van der Waals surface area (Å²) in [5, 5.41) is 0. The predicted molar refractivity (Wildman–Crippen MR) is 91.2 cm³/mol. The summed E-state index contributed by atoms with van der Waals surface area (Å²) in [5.41, 5.74) is 4.57. The second-order valence-electron chi connectivity index (χ2n) is 5.94. The number of aromatic nitrogens is 1. The van der Waals surface area contributed by atoms with Gasteiger partial charge >= 0.3 is 0 Å². The third kappa shape index (κ3) is 4.16. The molecule has 0 unspecified atom stereocenters. The van der Waals surface area contributed by atoms with Gasteiger partial charge < -0.3 is 9.47 Å². The minimum atomic E-state index is 0.118. The lowest BCUT2D eigenvalue weighted by atomic mass is 10.1. The number of methoxy groups -OCH3 is 1. The molecule has 1 fully saturated rings. The van der Waals surface area contributed by atoms with Gasteiger partial charge in [0.1, 0.15) is 0 Å². The van der Waals surface area contributed by atoms with Crippen molar-refractivity contribution < 1.29 is 9.47 Å². The van der Waals surface area contributed by atoms with E-state index in [4.69, 9.17) is 9.47 Å². The Balaban J connectivity index is 1.66. The first-order chi connectivity index (χ1) is 11.3. The van der Waals surface area contributed by atoms with Crippen LogP contribution in [-0.2, 0) is 16.0 Å². The number of nitrogens with zero attached hydrogens (tertiary/aromatic N) is 2. The number of rotatable bonds is 5. The Morgan fingerprint density at radius 2 is 1.87 bits per heavy atom. The van der Waals surface area contributed by atoms with Gasteiger partial charge in [-0.3, -0.25) is 9.88 Å². The quantitative estimate of drug-likeness (QED) is 0.848. The van der Waals surface area contributed by atoms with E-state index in [1.54, 1.807) is 7.11 Å². The van der Waals surface area contributed by atoms with Crippen LogP contribution in [0.4, 0.5) is 0 Å². The van der Waals surface area contributed by atoms with Crippen LogP contribution in [0.1, 0.15) is 24.2 Å². The molecule has 122 valence electrons. The molecular formula is C19H24N2O2. The van der Waals surface area contributed by atoms with Gasteiger partial charge in [-0.15, -0.1) is 0 Å². The summed E-state index contributed by atoms with van der Waals surface area (Å²) in [6.45, 7) is 6.66. The first kappa shape index (κ1) is 16.1. The van der Waals surface area contributed by atoms with E-state index in [0.717, 1.165) is 44.1 Å². The Bertz CT molecular complexity index is 604. The van der Waals surface area contributed by atoms with Crippen molar-refractivity contribution in [1.29, 1.82) is 0 Å². The number of hydrogen-bond donors (Lipinski definition) is 0. The zero-order valence-corrected chi connectivity index (χ0v) is 13.9. The average Bonchev–Trinajstić information content (AvgIpc) is 2.63. The molecule has 0 saturated carbocycles. The fraction of sp³-hybridized carbons (Fsp3) is 0.421. The van der Waals surface area contributed by atoms with E-state index in [2.05, 4.69) is 46.3 Å². The summed E-state index contributed by atoms with van der Waals surface area (Å²) in [5.74, 6) is 0. The highest BCUT2D eigenvalue weighted by molar-refractivity contribution is 5.59. The first-order valence-corrected chi connectivity index (χ1v) is 8.14. The third-order valence-corrected chi connectivity index (χ3v) is 4.36. The van der Waals surface area contributed by atoms with Gasteiger partial charge in [0.05, 0.1) is 25.0 Å². The lowest BCUT2D eigenvalue weighted by molar-refractivity contribution is 0.0341. The van der Waals surface area contributed by atoms with Gasteiger partial charge in [-0.1, -0.05) is 30.3 Å². The Labute approximate surface area is 138 Å². The highest BCUT2D eigenvalue weighted by Crippen LogP contribution is 2.22. The first-order valence-electron chi connectivity index (χ1n) is 8.14. The summed E-state index contributed by atoms with van der Waals surface area (Å²) >= 11 is 0. The average molecular weight is 312 g/mol. The van der Waals surface area contributed by atoms with Crippen molar-refractivity contribution in [3.05, 3.63) is 53.7 Å². The lowest BCUT2D eigenvalue weighted by Crippen LogP contribution is -2.35. The minimum Gasteiger partial charge on any atom is -0.379 e. The van der Waals surface area contributed by atoms with E-state index in [9.17, 15) is 0 Å². The van der Waals surface area contributed by atoms with Crippen LogP contribution in [0, 0.1) is 0 Å². The van der Waals surface area contributed by atoms with E-state index < -0.39 is 0 Å². The van der Waals surface area contributed by atoms with E-state index in [1.165, 1.54) is 11.1 Å². The SMILES string of the molecule is CO[C@H](C)c1ccc(-c2ccc(CN3CCOCC3)cn2)cc1. The Hall–Kier alpha value is -1.75. The number of hydrogen-bond acceptors (Lipinski definition) is 4. The van der Waals surface area contributed by atoms with E-state index in [0.29, 0.717) is 0 Å². The second-order valence-corrected chi connectivity index (χ2v) is 5.94. The maximum Gasteiger partial charge on any atom is 0.0793 e. The van der Waals surface area contributed by atoms with E-state index in [1.807, 2.05) is 13.1 Å². The number of morpholine rings is 1. The maximum atomic E-state index is 5.38. The fourth-order valence-corrected chi connectivity index (χ4v) is 2.77. The zero-order chi connectivity index (χ0) is 16.1.